The molecule has 1 saturated heterocycles. The van der Waals surface area contributed by atoms with Crippen LogP contribution in [0.3, 0.4) is 0 Å². The molecule has 0 bridgehead atoms. The van der Waals surface area contributed by atoms with Crippen molar-refractivity contribution >= 4 is 5.97 Å². The first-order chi connectivity index (χ1) is 7.52. The maximum absolute atomic E-state index is 12.6. The van der Waals surface area contributed by atoms with Crippen molar-refractivity contribution in [3.05, 3.63) is 0 Å². The second kappa shape index (κ2) is 4.32. The third-order valence-corrected chi connectivity index (χ3v) is 3.77. The number of carbonyl (C=O) groups excluding carboxylic acids is 1. The summed E-state index contributed by atoms with van der Waals surface area (Å²) in [6, 6.07) is 0. The zero-order valence-electron chi connectivity index (χ0n) is 9.62. The molecule has 92 valence electrons. The molecule has 1 aliphatic carbocycles. The summed E-state index contributed by atoms with van der Waals surface area (Å²) in [5.74, 6) is 0.277. The molecule has 3 nitrogen and oxygen atoms in total. The molecular weight excluding hydrogens is 211 g/mol. The number of hydrogen-bond acceptors (Lipinski definition) is 3. The largest absolute Gasteiger partial charge is 0.462 e. The van der Waals surface area contributed by atoms with Gasteiger partial charge in [0.15, 0.2) is 0 Å². The lowest BCUT2D eigenvalue weighted by molar-refractivity contribution is -0.145. The summed E-state index contributed by atoms with van der Waals surface area (Å²) in [5, 5.41) is 9.75. The van der Waals surface area contributed by atoms with Crippen LogP contribution in [0.2, 0.25) is 0 Å². The number of aliphatic hydroxyl groups is 1. The van der Waals surface area contributed by atoms with Gasteiger partial charge in [0.05, 0.1) is 12.0 Å². The Morgan fingerprint density at radius 2 is 2.31 bits per heavy atom. The van der Waals surface area contributed by atoms with E-state index in [1.54, 1.807) is 0 Å². The van der Waals surface area contributed by atoms with E-state index in [-0.39, 0.29) is 18.0 Å². The number of rotatable bonds is 3. The summed E-state index contributed by atoms with van der Waals surface area (Å²) < 4.78 is 17.9. The minimum Gasteiger partial charge on any atom is -0.462 e. The van der Waals surface area contributed by atoms with Gasteiger partial charge in [0, 0.05) is 5.92 Å². The van der Waals surface area contributed by atoms with E-state index in [0.29, 0.717) is 18.8 Å². The van der Waals surface area contributed by atoms with E-state index < -0.39 is 12.3 Å². The van der Waals surface area contributed by atoms with Gasteiger partial charge in [-0.15, -0.1) is 0 Å². The Kier molecular flexibility index (Phi) is 3.19. The van der Waals surface area contributed by atoms with Crippen LogP contribution in [0.25, 0.3) is 0 Å². The molecule has 0 spiro atoms. The average molecular weight is 230 g/mol. The zero-order chi connectivity index (χ0) is 11.8. The van der Waals surface area contributed by atoms with Crippen molar-refractivity contribution < 1.29 is 19.0 Å². The predicted molar refractivity (Wildman–Crippen MR) is 56.5 cm³/mol. The number of halogens is 1. The van der Waals surface area contributed by atoms with Gasteiger partial charge < -0.3 is 9.84 Å². The zero-order valence-corrected chi connectivity index (χ0v) is 9.62. The van der Waals surface area contributed by atoms with Gasteiger partial charge in [-0.3, -0.25) is 4.79 Å². The number of hydrogen-bond donors (Lipinski definition) is 1. The molecule has 0 aromatic carbocycles. The molecule has 0 aromatic rings. The minimum atomic E-state index is -1.28. The van der Waals surface area contributed by atoms with Crippen LogP contribution in [0.4, 0.5) is 4.39 Å². The Balaban J connectivity index is 2.01. The van der Waals surface area contributed by atoms with Crippen molar-refractivity contribution in [3.8, 4) is 0 Å². The normalized spacial score (nSPS) is 37.7. The maximum atomic E-state index is 12.6. The number of alkyl halides is 1. The van der Waals surface area contributed by atoms with Gasteiger partial charge >= 0.3 is 5.97 Å². The van der Waals surface area contributed by atoms with E-state index in [2.05, 4.69) is 0 Å². The quantitative estimate of drug-likeness (QED) is 0.752. The molecule has 2 rings (SSSR count). The second-order valence-electron chi connectivity index (χ2n) is 5.44. The fraction of sp³-hybridized carbons (Fsp3) is 0.917. The summed E-state index contributed by atoms with van der Waals surface area (Å²) >= 11 is 0. The molecule has 4 atom stereocenters. The molecule has 0 radical (unpaired) electrons. The number of carbonyl (C=O) groups is 1. The maximum Gasteiger partial charge on any atom is 0.306 e. The number of ether oxygens (including phenoxy) is 1. The lowest BCUT2D eigenvalue weighted by Gasteiger charge is -2.35. The van der Waals surface area contributed by atoms with Crippen molar-refractivity contribution in [3.63, 3.8) is 0 Å². The molecule has 4 heteroatoms. The molecule has 0 amide bonds. The van der Waals surface area contributed by atoms with Crippen LogP contribution >= 0.6 is 0 Å². The summed E-state index contributed by atoms with van der Waals surface area (Å²) in [5.41, 5.74) is -1.28. The van der Waals surface area contributed by atoms with Crippen LogP contribution in [0, 0.1) is 11.8 Å². The number of esters is 1. The molecule has 0 aromatic heterocycles. The number of fused-ring (bicyclic) bond motifs is 1. The molecule has 1 unspecified atom stereocenters. The highest BCUT2D eigenvalue weighted by molar-refractivity contribution is 5.72. The van der Waals surface area contributed by atoms with Crippen molar-refractivity contribution in [1.82, 2.24) is 0 Å². The van der Waals surface area contributed by atoms with Gasteiger partial charge in [-0.25, -0.2) is 4.39 Å². The van der Waals surface area contributed by atoms with Crippen LogP contribution in [0.1, 0.15) is 39.0 Å². The molecule has 1 aliphatic heterocycles. The van der Waals surface area contributed by atoms with Crippen LogP contribution in [0.5, 0.6) is 0 Å². The van der Waals surface area contributed by atoms with Crippen molar-refractivity contribution in [2.24, 2.45) is 11.8 Å². The van der Waals surface area contributed by atoms with Gasteiger partial charge in [-0.05, 0) is 32.1 Å². The highest BCUT2D eigenvalue weighted by Gasteiger charge is 2.44. The molecule has 1 saturated carbocycles. The summed E-state index contributed by atoms with van der Waals surface area (Å²) in [7, 11) is 0. The summed E-state index contributed by atoms with van der Waals surface area (Å²) in [4.78, 5) is 11.2. The smallest absolute Gasteiger partial charge is 0.306 e. The Hall–Kier alpha value is -0.640. The van der Waals surface area contributed by atoms with Crippen molar-refractivity contribution in [2.75, 3.05) is 6.67 Å². The van der Waals surface area contributed by atoms with E-state index >= 15 is 0 Å². The molecule has 16 heavy (non-hydrogen) atoms. The Morgan fingerprint density at radius 3 is 3.00 bits per heavy atom. The SMILES string of the molecule is CC(O)(CF)C[C@H]1CCC[C@H]2CC(=O)O[C@@H]12. The fourth-order valence-corrected chi connectivity index (χ4v) is 3.02. The molecule has 1 N–H and O–H groups in total. The lowest BCUT2D eigenvalue weighted by Crippen LogP contribution is -2.38. The van der Waals surface area contributed by atoms with Crippen LogP contribution in [-0.2, 0) is 9.53 Å². The molecule has 2 aliphatic rings. The first-order valence-electron chi connectivity index (χ1n) is 6.00. The van der Waals surface area contributed by atoms with Crippen molar-refractivity contribution in [2.45, 2.75) is 50.7 Å². The highest BCUT2D eigenvalue weighted by Crippen LogP contribution is 2.41. The topological polar surface area (TPSA) is 46.5 Å². The van der Waals surface area contributed by atoms with Crippen LogP contribution in [0.15, 0.2) is 0 Å². The Labute approximate surface area is 95.0 Å². The summed E-state index contributed by atoms with van der Waals surface area (Å²) in [6.45, 7) is 0.766. The van der Waals surface area contributed by atoms with Crippen LogP contribution in [-0.4, -0.2) is 29.5 Å². The van der Waals surface area contributed by atoms with Crippen LogP contribution < -0.4 is 0 Å². The first-order valence-corrected chi connectivity index (χ1v) is 6.00. The third-order valence-electron chi connectivity index (χ3n) is 3.77. The third kappa shape index (κ3) is 2.37. The average Bonchev–Trinajstić information content (AvgIpc) is 2.59. The van der Waals surface area contributed by atoms with E-state index in [1.807, 2.05) is 0 Å². The Morgan fingerprint density at radius 1 is 1.56 bits per heavy atom. The van der Waals surface area contributed by atoms with Gasteiger partial charge in [0.25, 0.3) is 0 Å². The van der Waals surface area contributed by atoms with E-state index in [4.69, 9.17) is 4.74 Å². The minimum absolute atomic E-state index is 0.0840. The standard InChI is InChI=1S/C12H19FO3/c1-12(15,7-13)6-9-4-2-3-8-5-10(14)16-11(8)9/h8-9,11,15H,2-7H2,1H3/t8-,9+,11+,12?/m0/s1. The van der Waals surface area contributed by atoms with E-state index in [9.17, 15) is 14.3 Å². The monoisotopic (exact) mass is 230 g/mol. The predicted octanol–water partition coefficient (Wildman–Crippen LogP) is 1.83. The van der Waals surface area contributed by atoms with Gasteiger partial charge in [0.2, 0.25) is 0 Å². The molecular formula is C12H19FO3. The van der Waals surface area contributed by atoms with Gasteiger partial charge in [-0.1, -0.05) is 6.42 Å². The lowest BCUT2D eigenvalue weighted by atomic mass is 9.74. The highest BCUT2D eigenvalue weighted by atomic mass is 19.1. The van der Waals surface area contributed by atoms with E-state index in [1.165, 1.54) is 6.92 Å². The molecule has 1 heterocycles. The van der Waals surface area contributed by atoms with Gasteiger partial charge in [0.1, 0.15) is 12.8 Å². The first kappa shape index (κ1) is 11.8. The van der Waals surface area contributed by atoms with Gasteiger partial charge in [-0.2, -0.15) is 0 Å². The molecule has 2 fully saturated rings. The second-order valence-corrected chi connectivity index (χ2v) is 5.44. The van der Waals surface area contributed by atoms with Crippen molar-refractivity contribution in [1.29, 1.82) is 0 Å². The summed E-state index contributed by atoms with van der Waals surface area (Å²) in [6.07, 6.45) is 3.79. The fourth-order valence-electron chi connectivity index (χ4n) is 3.02. The van der Waals surface area contributed by atoms with E-state index in [0.717, 1.165) is 19.3 Å². The Bertz CT molecular complexity index is 277.